The van der Waals surface area contributed by atoms with E-state index in [-0.39, 0.29) is 12.4 Å². The van der Waals surface area contributed by atoms with Crippen LogP contribution in [0.1, 0.15) is 18.4 Å². The summed E-state index contributed by atoms with van der Waals surface area (Å²) >= 11 is 0. The maximum absolute atomic E-state index is 12.0. The first-order valence-corrected chi connectivity index (χ1v) is 8.90. The minimum Gasteiger partial charge on any atom is -0.493 e. The van der Waals surface area contributed by atoms with Crippen molar-refractivity contribution in [3.8, 4) is 11.5 Å². The maximum Gasteiger partial charge on any atom is 0.306 e. The first kappa shape index (κ1) is 19.4. The Balaban J connectivity index is 1.46. The lowest BCUT2D eigenvalue weighted by Crippen LogP contribution is -2.09. The van der Waals surface area contributed by atoms with Gasteiger partial charge in [-0.1, -0.05) is 12.1 Å². The van der Waals surface area contributed by atoms with E-state index in [1.807, 2.05) is 22.8 Å². The second-order valence-corrected chi connectivity index (χ2v) is 6.10. The number of benzene rings is 1. The largest absolute Gasteiger partial charge is 0.493 e. The number of carbonyl (C=O) groups is 1. The Morgan fingerprint density at radius 2 is 2.04 bits per heavy atom. The van der Waals surface area contributed by atoms with Crippen LogP contribution in [0.15, 0.2) is 30.9 Å². The molecule has 2 heterocycles. The average molecular weight is 385 g/mol. The molecule has 3 rings (SSSR count). The standard InChI is InChI=1S/C19H23N5O4/c1-26-14-6-3-5-13(17(14)27-2)7-8-15(25)28-10-4-9-24-12-23-16-18(20)21-11-22-19(16)24/h3,5-6,11-12H,4,7-10H2,1-2H3,(H2,20,21,22). The number of para-hydroxylation sites is 1. The highest BCUT2D eigenvalue weighted by Crippen LogP contribution is 2.31. The zero-order valence-corrected chi connectivity index (χ0v) is 15.9. The highest BCUT2D eigenvalue weighted by Gasteiger charge is 2.12. The second-order valence-electron chi connectivity index (χ2n) is 6.10. The quantitative estimate of drug-likeness (QED) is 0.439. The molecule has 9 heteroatoms. The van der Waals surface area contributed by atoms with Gasteiger partial charge in [0.15, 0.2) is 23.0 Å². The summed E-state index contributed by atoms with van der Waals surface area (Å²) in [5, 5.41) is 0. The van der Waals surface area contributed by atoms with Crippen molar-refractivity contribution in [3.05, 3.63) is 36.4 Å². The fraction of sp³-hybridized carbons (Fsp3) is 0.368. The number of esters is 1. The number of hydrogen-bond donors (Lipinski definition) is 1. The van der Waals surface area contributed by atoms with Crippen LogP contribution < -0.4 is 15.2 Å². The van der Waals surface area contributed by atoms with Crippen LogP contribution >= 0.6 is 0 Å². The van der Waals surface area contributed by atoms with Crippen molar-refractivity contribution in [3.63, 3.8) is 0 Å². The number of methoxy groups -OCH3 is 2. The summed E-state index contributed by atoms with van der Waals surface area (Å²) in [7, 11) is 3.16. The van der Waals surface area contributed by atoms with Gasteiger partial charge in [0.1, 0.15) is 11.8 Å². The number of hydrogen-bond acceptors (Lipinski definition) is 8. The van der Waals surface area contributed by atoms with Crippen molar-refractivity contribution < 1.29 is 19.0 Å². The topological polar surface area (TPSA) is 114 Å². The molecular weight excluding hydrogens is 362 g/mol. The molecule has 28 heavy (non-hydrogen) atoms. The zero-order valence-electron chi connectivity index (χ0n) is 15.9. The first-order valence-electron chi connectivity index (χ1n) is 8.90. The third-order valence-electron chi connectivity index (χ3n) is 4.32. The summed E-state index contributed by atoms with van der Waals surface area (Å²) in [4.78, 5) is 24.3. The number of nitrogens with zero attached hydrogens (tertiary/aromatic N) is 4. The van der Waals surface area contributed by atoms with E-state index < -0.39 is 0 Å². The molecular formula is C19H23N5O4. The molecule has 148 valence electrons. The van der Waals surface area contributed by atoms with E-state index in [9.17, 15) is 4.79 Å². The molecule has 0 aliphatic heterocycles. The van der Waals surface area contributed by atoms with Crippen LogP contribution in [0.3, 0.4) is 0 Å². The lowest BCUT2D eigenvalue weighted by Gasteiger charge is -2.12. The Morgan fingerprint density at radius 1 is 1.18 bits per heavy atom. The van der Waals surface area contributed by atoms with Gasteiger partial charge in [0.2, 0.25) is 0 Å². The minimum atomic E-state index is -0.257. The monoisotopic (exact) mass is 385 g/mol. The fourth-order valence-corrected chi connectivity index (χ4v) is 2.94. The molecule has 0 fully saturated rings. The molecule has 2 N–H and O–H groups in total. The van der Waals surface area contributed by atoms with E-state index in [4.69, 9.17) is 19.9 Å². The number of nitrogens with two attached hydrogens (primary N) is 1. The maximum atomic E-state index is 12.0. The molecule has 0 atom stereocenters. The van der Waals surface area contributed by atoms with Gasteiger partial charge in [0.05, 0.1) is 27.2 Å². The number of fused-ring (bicyclic) bond motifs is 1. The van der Waals surface area contributed by atoms with Crippen molar-refractivity contribution in [2.75, 3.05) is 26.6 Å². The van der Waals surface area contributed by atoms with Gasteiger partial charge in [-0.3, -0.25) is 4.79 Å². The highest BCUT2D eigenvalue weighted by atomic mass is 16.5. The second kappa shape index (κ2) is 9.03. The van der Waals surface area contributed by atoms with E-state index in [2.05, 4.69) is 15.0 Å². The number of imidazole rings is 1. The molecule has 9 nitrogen and oxygen atoms in total. The molecule has 2 aromatic heterocycles. The summed E-state index contributed by atoms with van der Waals surface area (Å²) < 4.78 is 17.8. The number of aryl methyl sites for hydroxylation is 2. The van der Waals surface area contributed by atoms with E-state index in [1.54, 1.807) is 20.5 Å². The molecule has 0 saturated carbocycles. The zero-order chi connectivity index (χ0) is 19.9. The van der Waals surface area contributed by atoms with Crippen LogP contribution in [0.5, 0.6) is 11.5 Å². The molecule has 1 aromatic carbocycles. The van der Waals surface area contributed by atoms with Gasteiger partial charge in [-0.2, -0.15) is 0 Å². The van der Waals surface area contributed by atoms with Gasteiger partial charge in [-0.15, -0.1) is 0 Å². The van der Waals surface area contributed by atoms with Gasteiger partial charge in [0, 0.05) is 13.0 Å². The van der Waals surface area contributed by atoms with Crippen molar-refractivity contribution >= 4 is 23.0 Å². The van der Waals surface area contributed by atoms with Crippen molar-refractivity contribution in [1.82, 2.24) is 19.5 Å². The molecule has 0 radical (unpaired) electrons. The summed E-state index contributed by atoms with van der Waals surface area (Å²) in [6.45, 7) is 0.929. The molecule has 0 aliphatic carbocycles. The van der Waals surface area contributed by atoms with Crippen LogP contribution in [0.25, 0.3) is 11.2 Å². The van der Waals surface area contributed by atoms with E-state index in [0.29, 0.717) is 54.5 Å². The summed E-state index contributed by atoms with van der Waals surface area (Å²) in [5.41, 5.74) is 7.92. The molecule has 0 saturated heterocycles. The van der Waals surface area contributed by atoms with Crippen LogP contribution in [-0.2, 0) is 22.5 Å². The highest BCUT2D eigenvalue weighted by molar-refractivity contribution is 5.81. The number of rotatable bonds is 9. The molecule has 0 aliphatic rings. The molecule has 0 spiro atoms. The Labute approximate surface area is 162 Å². The van der Waals surface area contributed by atoms with Crippen molar-refractivity contribution in [1.29, 1.82) is 0 Å². The smallest absolute Gasteiger partial charge is 0.306 e. The van der Waals surface area contributed by atoms with Crippen molar-refractivity contribution in [2.45, 2.75) is 25.8 Å². The SMILES string of the molecule is COc1cccc(CCC(=O)OCCCn2cnc3c(N)ncnc32)c1OC. The normalized spacial score (nSPS) is 10.8. The number of anilines is 1. The Kier molecular flexibility index (Phi) is 6.25. The van der Waals surface area contributed by atoms with Crippen LogP contribution in [-0.4, -0.2) is 46.3 Å². The Morgan fingerprint density at radius 3 is 2.82 bits per heavy atom. The van der Waals surface area contributed by atoms with Gasteiger partial charge >= 0.3 is 5.97 Å². The summed E-state index contributed by atoms with van der Waals surface area (Å²) in [5.74, 6) is 1.38. The fourth-order valence-electron chi connectivity index (χ4n) is 2.94. The molecule has 0 unspecified atom stereocenters. The van der Waals surface area contributed by atoms with E-state index in [1.165, 1.54) is 6.33 Å². The number of carbonyl (C=O) groups excluding carboxylic acids is 1. The molecule has 0 amide bonds. The number of ether oxygens (including phenoxy) is 3. The third-order valence-corrected chi connectivity index (χ3v) is 4.32. The molecule has 0 bridgehead atoms. The summed E-state index contributed by atoms with van der Waals surface area (Å²) in [6.07, 6.45) is 4.49. The predicted molar refractivity (Wildman–Crippen MR) is 103 cm³/mol. The van der Waals surface area contributed by atoms with E-state index >= 15 is 0 Å². The van der Waals surface area contributed by atoms with Gasteiger partial charge < -0.3 is 24.5 Å². The van der Waals surface area contributed by atoms with Crippen LogP contribution in [0.4, 0.5) is 5.82 Å². The lowest BCUT2D eigenvalue weighted by molar-refractivity contribution is -0.143. The van der Waals surface area contributed by atoms with E-state index in [0.717, 1.165) is 5.56 Å². The number of nitrogen functional groups attached to an aromatic ring is 1. The van der Waals surface area contributed by atoms with Gasteiger partial charge in [-0.25, -0.2) is 15.0 Å². The Bertz CT molecular complexity index is 957. The predicted octanol–water partition coefficient (Wildman–Crippen LogP) is 1.99. The van der Waals surface area contributed by atoms with Crippen LogP contribution in [0, 0.1) is 0 Å². The lowest BCUT2D eigenvalue weighted by atomic mass is 10.1. The van der Waals surface area contributed by atoms with Gasteiger partial charge in [0.25, 0.3) is 0 Å². The minimum absolute atomic E-state index is 0.257. The average Bonchev–Trinajstić information content (AvgIpc) is 3.13. The first-order chi connectivity index (χ1) is 13.6. The third kappa shape index (κ3) is 4.30. The number of aromatic nitrogens is 4. The Hall–Kier alpha value is -3.36. The molecule has 3 aromatic rings. The van der Waals surface area contributed by atoms with Crippen molar-refractivity contribution in [2.24, 2.45) is 0 Å². The van der Waals surface area contributed by atoms with Crippen LogP contribution in [0.2, 0.25) is 0 Å². The van der Waals surface area contributed by atoms with Gasteiger partial charge in [-0.05, 0) is 24.5 Å². The summed E-state index contributed by atoms with van der Waals surface area (Å²) in [6, 6.07) is 5.60.